The Kier molecular flexibility index (Phi) is 8.85. The smallest absolute Gasteiger partial charge is 0.161 e. The van der Waals surface area contributed by atoms with Crippen LogP contribution in [0.15, 0.2) is 237 Å². The van der Waals surface area contributed by atoms with Gasteiger partial charge in [0.05, 0.1) is 22.6 Å². The van der Waals surface area contributed by atoms with Crippen molar-refractivity contribution in [3.63, 3.8) is 0 Å². The highest BCUT2D eigenvalue weighted by molar-refractivity contribution is 6.18. The first-order valence-electron chi connectivity index (χ1n) is 22.5. The van der Waals surface area contributed by atoms with E-state index in [-0.39, 0.29) is 0 Å². The average Bonchev–Trinajstić information content (AvgIpc) is 3.40. The first kappa shape index (κ1) is 37.7. The molecule has 0 saturated heterocycles. The zero-order chi connectivity index (χ0) is 43.6. The van der Waals surface area contributed by atoms with Crippen LogP contribution in [0.3, 0.4) is 0 Å². The molecule has 0 N–H and O–H groups in total. The summed E-state index contributed by atoms with van der Waals surface area (Å²) in [5, 5.41) is 12.9. The van der Waals surface area contributed by atoms with E-state index in [4.69, 9.17) is 15.0 Å². The van der Waals surface area contributed by atoms with E-state index < -0.39 is 0 Å². The Hall–Kier alpha value is -8.79. The third-order valence-electron chi connectivity index (χ3n) is 13.2. The number of hydrogen-bond acceptors (Lipinski definition) is 3. The fourth-order valence-electron chi connectivity index (χ4n) is 10.1. The fraction of sp³-hybridized carbons (Fsp3) is 0. The highest BCUT2D eigenvalue weighted by Gasteiger charge is 2.19. The summed E-state index contributed by atoms with van der Waals surface area (Å²) in [4.78, 5) is 16.4. The van der Waals surface area contributed by atoms with Crippen LogP contribution >= 0.6 is 0 Å². The van der Waals surface area contributed by atoms with Gasteiger partial charge in [0.15, 0.2) is 5.82 Å². The molecular weight excluding hydrogens is 799 g/mol. The lowest BCUT2D eigenvalue weighted by atomic mass is 9.91. The van der Waals surface area contributed by atoms with E-state index in [0.29, 0.717) is 5.82 Å². The number of pyridine rings is 1. The molecule has 0 radical (unpaired) electrons. The van der Waals surface area contributed by atoms with E-state index in [1.165, 1.54) is 43.4 Å². The van der Waals surface area contributed by atoms with Crippen LogP contribution < -0.4 is 0 Å². The second-order valence-corrected chi connectivity index (χ2v) is 17.1. The Bertz CT molecular complexity index is 3910. The van der Waals surface area contributed by atoms with E-state index in [1.54, 1.807) is 0 Å². The van der Waals surface area contributed by atoms with Gasteiger partial charge in [0.25, 0.3) is 0 Å². The molecule has 0 unspecified atom stereocenters. The molecule has 13 aromatic rings. The highest BCUT2D eigenvalue weighted by atomic mass is 14.9. The zero-order valence-corrected chi connectivity index (χ0v) is 35.9. The molecule has 2 heterocycles. The standard InChI is InChI=1S/C63H39N3/c1-3-17-40(18-4-1)49-31-16-32-55-61(49)54-34-33-43(38-59(54)64-62(55)41-19-5-2-6-20-41)42-23-15-24-46(35-42)58-39-60(56-36-44-21-7-9-25-47(44)50-27-11-13-29-52(50)56)66-63(65-58)57-37-45-22-8-10-26-48(45)51-28-12-14-30-53(51)57/h1-39H. The molecule has 11 aromatic carbocycles. The van der Waals surface area contributed by atoms with E-state index in [0.717, 1.165) is 82.9 Å². The monoisotopic (exact) mass is 837 g/mol. The van der Waals surface area contributed by atoms with Crippen LogP contribution in [0.2, 0.25) is 0 Å². The van der Waals surface area contributed by atoms with Crippen molar-refractivity contribution >= 4 is 64.8 Å². The van der Waals surface area contributed by atoms with Gasteiger partial charge in [0.1, 0.15) is 0 Å². The number of nitrogens with zero attached hydrogens (tertiary/aromatic N) is 3. The maximum absolute atomic E-state index is 5.50. The number of benzene rings is 11. The van der Waals surface area contributed by atoms with Crippen LogP contribution in [0.1, 0.15) is 0 Å². The molecule has 3 nitrogen and oxygen atoms in total. The Labute approximate surface area is 382 Å². The first-order chi connectivity index (χ1) is 32.7. The van der Waals surface area contributed by atoms with E-state index >= 15 is 0 Å². The van der Waals surface area contributed by atoms with Gasteiger partial charge in [-0.2, -0.15) is 0 Å². The van der Waals surface area contributed by atoms with Gasteiger partial charge in [0.2, 0.25) is 0 Å². The fourth-order valence-corrected chi connectivity index (χ4v) is 10.1. The number of hydrogen-bond donors (Lipinski definition) is 0. The summed E-state index contributed by atoms with van der Waals surface area (Å²) in [7, 11) is 0. The van der Waals surface area contributed by atoms with Crippen LogP contribution in [-0.4, -0.2) is 15.0 Å². The predicted molar refractivity (Wildman–Crippen MR) is 277 cm³/mol. The maximum atomic E-state index is 5.50. The number of fused-ring (bicyclic) bond motifs is 9. The van der Waals surface area contributed by atoms with Crippen LogP contribution in [0.4, 0.5) is 0 Å². The lowest BCUT2D eigenvalue weighted by Crippen LogP contribution is -1.98. The minimum absolute atomic E-state index is 0.691. The van der Waals surface area contributed by atoms with Crippen molar-refractivity contribution in [2.24, 2.45) is 0 Å². The second kappa shape index (κ2) is 15.5. The lowest BCUT2D eigenvalue weighted by molar-refractivity contribution is 1.19. The molecule has 2 aromatic heterocycles. The summed E-state index contributed by atoms with van der Waals surface area (Å²) in [5.74, 6) is 0.691. The van der Waals surface area contributed by atoms with Crippen molar-refractivity contribution in [3.05, 3.63) is 237 Å². The Morgan fingerprint density at radius 3 is 1.47 bits per heavy atom. The summed E-state index contributed by atoms with van der Waals surface area (Å²) in [5.41, 5.74) is 12.4. The second-order valence-electron chi connectivity index (χ2n) is 17.1. The Balaban J connectivity index is 1.02. The largest absolute Gasteiger partial charge is 0.247 e. The normalized spacial score (nSPS) is 11.6. The van der Waals surface area contributed by atoms with E-state index in [1.807, 2.05) is 0 Å². The van der Waals surface area contributed by atoms with Gasteiger partial charge in [-0.25, -0.2) is 15.0 Å². The number of aromatic nitrogens is 3. The van der Waals surface area contributed by atoms with Crippen molar-refractivity contribution in [1.82, 2.24) is 15.0 Å². The summed E-state index contributed by atoms with van der Waals surface area (Å²) in [6.07, 6.45) is 0. The van der Waals surface area contributed by atoms with Gasteiger partial charge in [0, 0.05) is 38.4 Å². The molecule has 306 valence electrons. The van der Waals surface area contributed by atoms with Gasteiger partial charge in [-0.3, -0.25) is 0 Å². The first-order valence-corrected chi connectivity index (χ1v) is 22.5. The molecular formula is C63H39N3. The molecule has 13 rings (SSSR count). The third-order valence-corrected chi connectivity index (χ3v) is 13.2. The molecule has 0 spiro atoms. The molecule has 0 amide bonds. The Morgan fingerprint density at radius 2 is 0.758 bits per heavy atom. The summed E-state index contributed by atoms with van der Waals surface area (Å²) < 4.78 is 0. The van der Waals surface area contributed by atoms with E-state index in [9.17, 15) is 0 Å². The van der Waals surface area contributed by atoms with Crippen LogP contribution in [0.25, 0.3) is 132 Å². The van der Waals surface area contributed by atoms with Crippen LogP contribution in [0.5, 0.6) is 0 Å². The molecule has 0 atom stereocenters. The lowest BCUT2D eigenvalue weighted by Gasteiger charge is -2.16. The summed E-state index contributed by atoms with van der Waals surface area (Å²) in [6, 6.07) is 84.6. The zero-order valence-electron chi connectivity index (χ0n) is 35.9. The third kappa shape index (κ3) is 6.32. The molecule has 66 heavy (non-hydrogen) atoms. The molecule has 0 aliphatic rings. The minimum Gasteiger partial charge on any atom is -0.247 e. The van der Waals surface area contributed by atoms with Crippen molar-refractivity contribution in [2.45, 2.75) is 0 Å². The summed E-state index contributed by atoms with van der Waals surface area (Å²) in [6.45, 7) is 0. The molecule has 0 fully saturated rings. The van der Waals surface area contributed by atoms with E-state index in [2.05, 4.69) is 237 Å². The van der Waals surface area contributed by atoms with Crippen molar-refractivity contribution in [3.8, 4) is 67.4 Å². The predicted octanol–water partition coefficient (Wildman–Crippen LogP) is 16.8. The summed E-state index contributed by atoms with van der Waals surface area (Å²) >= 11 is 0. The van der Waals surface area contributed by atoms with Gasteiger partial charge in [-0.1, -0.05) is 206 Å². The average molecular weight is 838 g/mol. The van der Waals surface area contributed by atoms with Gasteiger partial charge in [-0.15, -0.1) is 0 Å². The molecule has 0 aliphatic heterocycles. The number of rotatable bonds is 6. The van der Waals surface area contributed by atoms with Crippen molar-refractivity contribution in [1.29, 1.82) is 0 Å². The van der Waals surface area contributed by atoms with Crippen LogP contribution in [-0.2, 0) is 0 Å². The highest BCUT2D eigenvalue weighted by Crippen LogP contribution is 2.42. The minimum atomic E-state index is 0.691. The van der Waals surface area contributed by atoms with Crippen molar-refractivity contribution < 1.29 is 0 Å². The molecule has 0 bridgehead atoms. The quantitative estimate of drug-likeness (QED) is 0.157. The molecule has 3 heteroatoms. The SMILES string of the molecule is c1ccc(-c2nc3cc(-c4cccc(-c5cc(-c6cc7ccccc7c7ccccc67)nc(-c6cc7ccccc7c7ccccc67)n5)c4)ccc3c3c(-c4ccccc4)cccc23)cc1. The van der Waals surface area contributed by atoms with Gasteiger partial charge < -0.3 is 0 Å². The van der Waals surface area contributed by atoms with Crippen molar-refractivity contribution in [2.75, 3.05) is 0 Å². The maximum Gasteiger partial charge on any atom is 0.161 e. The molecule has 0 saturated carbocycles. The molecule has 0 aliphatic carbocycles. The van der Waals surface area contributed by atoms with Crippen LogP contribution in [0, 0.1) is 0 Å². The Morgan fingerprint density at radius 1 is 0.242 bits per heavy atom. The topological polar surface area (TPSA) is 38.7 Å². The van der Waals surface area contributed by atoms with Gasteiger partial charge >= 0.3 is 0 Å². The van der Waals surface area contributed by atoms with Gasteiger partial charge in [-0.05, 0) is 95.7 Å².